The first-order valence-electron chi connectivity index (χ1n) is 8.40. The van der Waals surface area contributed by atoms with Gasteiger partial charge in [0.2, 0.25) is 0 Å². The first-order valence-corrected chi connectivity index (χ1v) is 8.40. The Labute approximate surface area is 155 Å². The zero-order chi connectivity index (χ0) is 18.5. The summed E-state index contributed by atoms with van der Waals surface area (Å²) in [6.07, 6.45) is -0.308. The van der Waals surface area contributed by atoms with Crippen molar-refractivity contribution in [3.8, 4) is 17.2 Å². The SMILES string of the molecule is O=C(Oc1ccc(OCOC2CO2)cc1)c1ccc(OCOC2CO2)cc1. The number of carbonyl (C=O) groups excluding carboxylic acids is 1. The average Bonchev–Trinajstić information content (AvgIpc) is 3.59. The third-order valence-corrected chi connectivity index (χ3v) is 3.69. The lowest BCUT2D eigenvalue weighted by molar-refractivity contribution is -0.0344. The molecule has 8 nitrogen and oxygen atoms in total. The first kappa shape index (κ1) is 17.7. The van der Waals surface area contributed by atoms with Gasteiger partial charge in [0.05, 0.1) is 5.56 Å². The summed E-state index contributed by atoms with van der Waals surface area (Å²) in [4.78, 5) is 12.2. The Morgan fingerprint density at radius 2 is 1.22 bits per heavy atom. The fourth-order valence-corrected chi connectivity index (χ4v) is 2.08. The van der Waals surface area contributed by atoms with E-state index in [9.17, 15) is 4.79 Å². The second-order valence-electron chi connectivity index (χ2n) is 5.77. The van der Waals surface area contributed by atoms with Crippen LogP contribution in [-0.4, -0.2) is 45.3 Å². The Morgan fingerprint density at radius 1 is 0.778 bits per heavy atom. The van der Waals surface area contributed by atoms with E-state index in [0.717, 1.165) is 0 Å². The Kier molecular flexibility index (Phi) is 5.50. The zero-order valence-corrected chi connectivity index (χ0v) is 14.4. The van der Waals surface area contributed by atoms with Crippen LogP contribution in [0.1, 0.15) is 10.4 Å². The quantitative estimate of drug-likeness (QED) is 0.271. The number of esters is 1. The summed E-state index contributed by atoms with van der Waals surface area (Å²) in [7, 11) is 0. The lowest BCUT2D eigenvalue weighted by Crippen LogP contribution is -2.09. The van der Waals surface area contributed by atoms with Crippen LogP contribution in [0.2, 0.25) is 0 Å². The third-order valence-electron chi connectivity index (χ3n) is 3.69. The van der Waals surface area contributed by atoms with Crippen molar-refractivity contribution in [2.75, 3.05) is 26.8 Å². The van der Waals surface area contributed by atoms with Crippen LogP contribution in [0.3, 0.4) is 0 Å². The highest BCUT2D eigenvalue weighted by molar-refractivity contribution is 5.91. The molecule has 0 aromatic heterocycles. The summed E-state index contributed by atoms with van der Waals surface area (Å²) in [6.45, 7) is 1.41. The van der Waals surface area contributed by atoms with E-state index in [0.29, 0.717) is 36.0 Å². The summed E-state index contributed by atoms with van der Waals surface area (Å²) in [6, 6.07) is 13.3. The summed E-state index contributed by atoms with van der Waals surface area (Å²) >= 11 is 0. The van der Waals surface area contributed by atoms with Crippen LogP contribution in [0.5, 0.6) is 17.2 Å². The Hall–Kier alpha value is -2.65. The Morgan fingerprint density at radius 3 is 1.70 bits per heavy atom. The molecule has 4 rings (SSSR count). The van der Waals surface area contributed by atoms with Gasteiger partial charge in [-0.05, 0) is 48.5 Å². The van der Waals surface area contributed by atoms with E-state index < -0.39 is 5.97 Å². The number of epoxide rings is 2. The minimum atomic E-state index is -0.466. The van der Waals surface area contributed by atoms with Crippen molar-refractivity contribution >= 4 is 5.97 Å². The molecule has 0 radical (unpaired) electrons. The van der Waals surface area contributed by atoms with Crippen LogP contribution in [0.25, 0.3) is 0 Å². The van der Waals surface area contributed by atoms with Gasteiger partial charge in [-0.25, -0.2) is 4.79 Å². The first-order chi connectivity index (χ1) is 13.3. The Bertz CT molecular complexity index is 750. The van der Waals surface area contributed by atoms with Gasteiger partial charge in [0.25, 0.3) is 0 Å². The normalized spacial score (nSPS) is 20.0. The van der Waals surface area contributed by atoms with E-state index in [1.54, 1.807) is 48.5 Å². The molecule has 2 saturated heterocycles. The van der Waals surface area contributed by atoms with Crippen molar-refractivity contribution in [2.24, 2.45) is 0 Å². The molecule has 142 valence electrons. The van der Waals surface area contributed by atoms with Crippen LogP contribution in [0.15, 0.2) is 48.5 Å². The van der Waals surface area contributed by atoms with Crippen LogP contribution in [0, 0.1) is 0 Å². The zero-order valence-electron chi connectivity index (χ0n) is 14.4. The molecule has 8 heteroatoms. The fraction of sp³-hybridized carbons (Fsp3) is 0.316. The Balaban J connectivity index is 1.23. The molecule has 2 fully saturated rings. The van der Waals surface area contributed by atoms with Crippen molar-refractivity contribution in [1.29, 1.82) is 0 Å². The molecule has 2 aromatic carbocycles. The molecule has 0 saturated carbocycles. The van der Waals surface area contributed by atoms with Gasteiger partial charge >= 0.3 is 5.97 Å². The molecule has 2 aromatic rings. The highest BCUT2D eigenvalue weighted by atomic mass is 16.8. The summed E-state index contributed by atoms with van der Waals surface area (Å²) in [5.41, 5.74) is 0.409. The maximum Gasteiger partial charge on any atom is 0.343 e. The summed E-state index contributed by atoms with van der Waals surface area (Å²) in [5.74, 6) is 1.15. The van der Waals surface area contributed by atoms with Gasteiger partial charge in [0, 0.05) is 0 Å². The molecule has 2 aliphatic heterocycles. The summed E-state index contributed by atoms with van der Waals surface area (Å²) in [5, 5.41) is 0. The van der Waals surface area contributed by atoms with Gasteiger partial charge in [0.1, 0.15) is 30.5 Å². The standard InChI is InChI=1S/C19H18O8/c20-19(13-1-3-14(4-2-13)23-11-25-17-9-21-17)27-16-7-5-15(6-8-16)24-12-26-18-10-22-18/h1-8,17-18H,9-12H2. The van der Waals surface area contributed by atoms with Gasteiger partial charge in [-0.3, -0.25) is 0 Å². The average molecular weight is 374 g/mol. The molecule has 0 N–H and O–H groups in total. The molecular weight excluding hydrogens is 356 g/mol. The monoisotopic (exact) mass is 374 g/mol. The second kappa shape index (κ2) is 8.36. The van der Waals surface area contributed by atoms with Gasteiger partial charge in [-0.2, -0.15) is 0 Å². The molecule has 0 aliphatic carbocycles. The number of ether oxygens (including phenoxy) is 7. The lowest BCUT2D eigenvalue weighted by Gasteiger charge is -2.08. The largest absolute Gasteiger partial charge is 0.467 e. The van der Waals surface area contributed by atoms with Gasteiger partial charge in [-0.1, -0.05) is 0 Å². The number of carbonyl (C=O) groups is 1. The minimum absolute atomic E-state index is 0.0988. The number of hydrogen-bond acceptors (Lipinski definition) is 8. The highest BCUT2D eigenvalue weighted by Gasteiger charge is 2.23. The fourth-order valence-electron chi connectivity index (χ4n) is 2.08. The highest BCUT2D eigenvalue weighted by Crippen LogP contribution is 2.20. The molecule has 2 atom stereocenters. The van der Waals surface area contributed by atoms with E-state index in [2.05, 4.69) is 0 Å². The topological polar surface area (TPSA) is 88.3 Å². The molecule has 2 aliphatic rings. The minimum Gasteiger partial charge on any atom is -0.467 e. The lowest BCUT2D eigenvalue weighted by atomic mass is 10.2. The summed E-state index contributed by atoms with van der Waals surface area (Å²) < 4.78 is 36.3. The second-order valence-corrected chi connectivity index (χ2v) is 5.77. The number of benzene rings is 2. The maximum absolute atomic E-state index is 12.2. The molecule has 0 spiro atoms. The van der Waals surface area contributed by atoms with E-state index in [-0.39, 0.29) is 26.2 Å². The van der Waals surface area contributed by atoms with E-state index >= 15 is 0 Å². The van der Waals surface area contributed by atoms with Crippen molar-refractivity contribution in [1.82, 2.24) is 0 Å². The predicted molar refractivity (Wildman–Crippen MR) is 90.5 cm³/mol. The number of hydrogen-bond donors (Lipinski definition) is 0. The maximum atomic E-state index is 12.2. The molecule has 2 heterocycles. The smallest absolute Gasteiger partial charge is 0.343 e. The van der Waals surface area contributed by atoms with Crippen LogP contribution < -0.4 is 14.2 Å². The van der Waals surface area contributed by atoms with Gasteiger partial charge in [-0.15, -0.1) is 0 Å². The van der Waals surface area contributed by atoms with Crippen molar-refractivity contribution in [3.63, 3.8) is 0 Å². The molecule has 0 bridgehead atoms. The number of rotatable bonds is 10. The van der Waals surface area contributed by atoms with E-state index in [1.807, 2.05) is 0 Å². The molecule has 2 unspecified atom stereocenters. The third kappa shape index (κ3) is 5.66. The van der Waals surface area contributed by atoms with Crippen molar-refractivity contribution in [3.05, 3.63) is 54.1 Å². The molecule has 27 heavy (non-hydrogen) atoms. The van der Waals surface area contributed by atoms with E-state index in [1.165, 1.54) is 0 Å². The van der Waals surface area contributed by atoms with E-state index in [4.69, 9.17) is 33.2 Å². The molecule has 0 amide bonds. The van der Waals surface area contributed by atoms with Crippen molar-refractivity contribution in [2.45, 2.75) is 12.6 Å². The van der Waals surface area contributed by atoms with Crippen LogP contribution in [-0.2, 0) is 18.9 Å². The van der Waals surface area contributed by atoms with Crippen LogP contribution >= 0.6 is 0 Å². The predicted octanol–water partition coefficient (Wildman–Crippen LogP) is 2.32. The van der Waals surface area contributed by atoms with Crippen LogP contribution in [0.4, 0.5) is 0 Å². The van der Waals surface area contributed by atoms with Gasteiger partial charge < -0.3 is 33.2 Å². The van der Waals surface area contributed by atoms with Gasteiger partial charge in [0.15, 0.2) is 26.2 Å². The van der Waals surface area contributed by atoms with Crippen molar-refractivity contribution < 1.29 is 38.0 Å². The molecular formula is C19H18O8.